The summed E-state index contributed by atoms with van der Waals surface area (Å²) in [4.78, 5) is 55.4. The van der Waals surface area contributed by atoms with Crippen LogP contribution in [0.15, 0.2) is 24.8 Å². The van der Waals surface area contributed by atoms with Crippen molar-refractivity contribution < 1.29 is 138 Å². The second-order valence-corrected chi connectivity index (χ2v) is 11.3. The van der Waals surface area contributed by atoms with Crippen LogP contribution < -0.4 is 114 Å². The van der Waals surface area contributed by atoms with Gasteiger partial charge in [-0.1, -0.05) is 55.8 Å². The molecule has 0 amide bonds. The monoisotopic (exact) mass is 724 g/mol. The van der Waals surface area contributed by atoms with Gasteiger partial charge < -0.3 is 39.7 Å². The number of aromatic carboxylic acids is 1. The molecule has 0 aromatic carbocycles. The molecule has 3 aromatic rings. The van der Waals surface area contributed by atoms with Gasteiger partial charge in [0.2, 0.25) is 0 Å². The van der Waals surface area contributed by atoms with Gasteiger partial charge in [0.05, 0.1) is 17.4 Å². The van der Waals surface area contributed by atoms with Crippen LogP contribution in [-0.4, -0.2) is 27.9 Å². The molecule has 2 aliphatic rings. The summed E-state index contributed by atoms with van der Waals surface area (Å²) in [6, 6.07) is 5.38. The number of carboxylic acid groups (broad SMARTS) is 3. The molecule has 10 nitrogen and oxygen atoms in total. The van der Waals surface area contributed by atoms with E-state index in [1.165, 1.54) is 0 Å². The van der Waals surface area contributed by atoms with Crippen molar-refractivity contribution in [3.63, 3.8) is 0 Å². The first-order valence-electron chi connectivity index (χ1n) is 14.5. The summed E-state index contributed by atoms with van der Waals surface area (Å²) >= 11 is 0. The molecule has 2 atom stereocenters. The van der Waals surface area contributed by atoms with E-state index in [1.807, 2.05) is 33.8 Å². The van der Waals surface area contributed by atoms with Crippen LogP contribution in [0.25, 0.3) is 39.3 Å². The van der Waals surface area contributed by atoms with Crippen LogP contribution in [0, 0.1) is 13.8 Å². The van der Waals surface area contributed by atoms with Crippen molar-refractivity contribution in [2.75, 3.05) is 0 Å². The molecule has 2 aliphatic heterocycles. The summed E-state index contributed by atoms with van der Waals surface area (Å²) in [5.74, 6) is -5.20. The number of hydrogen-bond acceptors (Lipinski definition) is 8. The Morgan fingerprint density at radius 1 is 0.896 bits per heavy atom. The van der Waals surface area contributed by atoms with Crippen molar-refractivity contribution in [1.29, 1.82) is 0 Å². The molecule has 0 saturated heterocycles. The van der Waals surface area contributed by atoms with Gasteiger partial charge in [0.25, 0.3) is 0 Å². The SMILES string of the molecule is C=Cc1c(C)c2cc3nc(c(CC(=O)[O-])c4[n-]c(cc5nc(cc1[n-]2)C(C)=C5CC)c(C)c4C(=O)[O-])C(CCC(=O)[O-])C3C.[Na+].[Na+].[Na+].[Zn+2]. The number of allylic oxidation sites excluding steroid dienone is 2. The van der Waals surface area contributed by atoms with Gasteiger partial charge in [-0.15, -0.1) is 22.1 Å². The van der Waals surface area contributed by atoms with E-state index < -0.39 is 30.2 Å². The van der Waals surface area contributed by atoms with Crippen LogP contribution in [-0.2, 0) is 35.5 Å². The number of carbonyl (C=O) groups excluding carboxylic acids is 3. The predicted octanol–water partition coefficient (Wildman–Crippen LogP) is -6.74. The van der Waals surface area contributed by atoms with Gasteiger partial charge in [0.15, 0.2) is 0 Å². The maximum Gasteiger partial charge on any atom is 2.00 e. The molecular weight excluding hydrogens is 695 g/mol. The van der Waals surface area contributed by atoms with Crippen LogP contribution in [0.3, 0.4) is 0 Å². The van der Waals surface area contributed by atoms with E-state index in [2.05, 4.69) is 11.6 Å². The van der Waals surface area contributed by atoms with Gasteiger partial charge in [-0.2, -0.15) is 0 Å². The zero-order valence-corrected chi connectivity index (χ0v) is 37.9. The maximum absolute atomic E-state index is 12.5. The molecule has 2 unspecified atom stereocenters. The number of carbonyl (C=O) groups is 3. The number of rotatable bonds is 8. The molecule has 0 aliphatic carbocycles. The number of aromatic nitrogens is 4. The second-order valence-electron chi connectivity index (χ2n) is 11.3. The quantitative estimate of drug-likeness (QED) is 0.203. The molecule has 5 rings (SSSR count). The van der Waals surface area contributed by atoms with Crippen molar-refractivity contribution in [1.82, 2.24) is 19.9 Å². The Kier molecular flexibility index (Phi) is 17.0. The molecule has 3 aromatic heterocycles. The molecule has 0 radical (unpaired) electrons. The van der Waals surface area contributed by atoms with Gasteiger partial charge in [0.1, 0.15) is 0 Å². The van der Waals surface area contributed by atoms with E-state index in [0.29, 0.717) is 40.1 Å². The molecule has 5 heterocycles. The fourth-order valence-corrected chi connectivity index (χ4v) is 6.34. The first kappa shape index (κ1) is 44.7. The smallest absolute Gasteiger partial charge is 0.657 e. The fourth-order valence-electron chi connectivity index (χ4n) is 6.34. The average Bonchev–Trinajstić information content (AvgIpc) is 3.63. The van der Waals surface area contributed by atoms with Crippen molar-refractivity contribution in [2.45, 2.75) is 72.1 Å². The zero-order chi connectivity index (χ0) is 32.0. The summed E-state index contributed by atoms with van der Waals surface area (Å²) in [5.41, 5.74) is 7.22. The van der Waals surface area contributed by atoms with E-state index in [1.54, 1.807) is 25.1 Å². The molecule has 48 heavy (non-hydrogen) atoms. The average molecular weight is 726 g/mol. The van der Waals surface area contributed by atoms with Crippen molar-refractivity contribution in [2.24, 2.45) is 0 Å². The van der Waals surface area contributed by atoms with Gasteiger partial charge >= 0.3 is 108 Å². The summed E-state index contributed by atoms with van der Waals surface area (Å²) in [6.07, 6.45) is 1.46. The standard InChI is InChI=1S/C34H36N4O6.3Na.Zn/c1-7-19-15(3)23-12-25-17(5)21(9-10-29(39)40)32(37-25)22(11-30(41)42)33-31(34(43)44)18(6)26(38-33)14-28-20(8-2)16(4)24(36-28)13-27(19)35-23;;;;/h7,12-14,17,21H,1,8-11H2,2-6H3,(H5,35,36,37,38,39,40,41,42,43,44);;;;/q;3*+1;+2/p-5. The third kappa shape index (κ3) is 8.56. The molecule has 0 N–H and O–H groups in total. The number of carboxylic acids is 3. The minimum absolute atomic E-state index is 0. The van der Waals surface area contributed by atoms with Gasteiger partial charge in [-0.25, -0.2) is 4.98 Å². The Bertz CT molecular complexity index is 1970. The third-order valence-corrected chi connectivity index (χ3v) is 8.76. The Hall–Kier alpha value is -1.37. The van der Waals surface area contributed by atoms with Crippen LogP contribution in [0.2, 0.25) is 0 Å². The Morgan fingerprint density at radius 2 is 1.52 bits per heavy atom. The van der Waals surface area contributed by atoms with E-state index in [9.17, 15) is 29.7 Å². The Balaban J connectivity index is 0.00000288. The number of hydrogen-bond donors (Lipinski definition) is 0. The molecule has 0 spiro atoms. The van der Waals surface area contributed by atoms with Crippen molar-refractivity contribution >= 4 is 57.2 Å². The molecule has 228 valence electrons. The van der Waals surface area contributed by atoms with Crippen LogP contribution in [0.4, 0.5) is 0 Å². The number of fused-ring (bicyclic) bond motifs is 8. The first-order chi connectivity index (χ1) is 20.9. The van der Waals surface area contributed by atoms with Gasteiger partial charge in [-0.05, 0) is 67.9 Å². The van der Waals surface area contributed by atoms with Crippen LogP contribution in [0.1, 0.15) is 107 Å². The molecular formula is C34H31N4Na3O6Zn. The minimum atomic E-state index is -1.52. The predicted molar refractivity (Wildman–Crippen MR) is 160 cm³/mol. The Morgan fingerprint density at radius 3 is 2.08 bits per heavy atom. The summed E-state index contributed by atoms with van der Waals surface area (Å²) in [5, 5.41) is 36.1. The normalized spacial score (nSPS) is 14.9. The van der Waals surface area contributed by atoms with E-state index in [0.717, 1.165) is 22.3 Å². The third-order valence-electron chi connectivity index (χ3n) is 8.76. The number of nitrogens with zero attached hydrogens (tertiary/aromatic N) is 4. The molecule has 14 heteroatoms. The fraction of sp³-hybridized carbons (Fsp3) is 0.324. The summed E-state index contributed by atoms with van der Waals surface area (Å²) < 4.78 is 0. The summed E-state index contributed by atoms with van der Waals surface area (Å²) in [7, 11) is 0. The second kappa shape index (κ2) is 18.2. The number of aliphatic carboxylic acids is 2. The van der Waals surface area contributed by atoms with Gasteiger partial charge in [0, 0.05) is 41.6 Å². The van der Waals surface area contributed by atoms with E-state index >= 15 is 0 Å². The van der Waals surface area contributed by atoms with Crippen LogP contribution >= 0.6 is 0 Å². The van der Waals surface area contributed by atoms with E-state index in [-0.39, 0.29) is 155 Å². The molecule has 8 bridgehead atoms. The Labute approximate surface area is 358 Å². The van der Waals surface area contributed by atoms with Gasteiger partial charge in [-0.3, -0.25) is 4.98 Å². The topological polar surface area (TPSA) is 174 Å². The number of aryl methyl sites for hydroxylation is 2. The van der Waals surface area contributed by atoms with Crippen molar-refractivity contribution in [3.8, 4) is 0 Å². The zero-order valence-electron chi connectivity index (χ0n) is 28.9. The first-order valence-corrected chi connectivity index (χ1v) is 14.5. The minimum Gasteiger partial charge on any atom is -0.657 e. The maximum atomic E-state index is 12.5. The largest absolute Gasteiger partial charge is 2.00 e. The summed E-state index contributed by atoms with van der Waals surface area (Å²) in [6.45, 7) is 13.3. The van der Waals surface area contributed by atoms with Crippen molar-refractivity contribution in [3.05, 3.63) is 75.4 Å². The van der Waals surface area contributed by atoms with E-state index in [4.69, 9.17) is 15.0 Å². The molecule has 0 fully saturated rings. The van der Waals surface area contributed by atoms with Crippen LogP contribution in [0.5, 0.6) is 0 Å². The molecule has 0 saturated carbocycles.